The summed E-state index contributed by atoms with van der Waals surface area (Å²) < 4.78 is 0. The Morgan fingerprint density at radius 3 is 2.82 bits per heavy atom. The zero-order valence-electron chi connectivity index (χ0n) is 8.87. The molecule has 0 radical (unpaired) electrons. The van der Waals surface area contributed by atoms with Crippen molar-refractivity contribution in [3.05, 3.63) is 36.7 Å². The van der Waals surface area contributed by atoms with Crippen LogP contribution in [0.25, 0.3) is 11.5 Å². The number of hydrogen-bond acceptors (Lipinski definition) is 5. The summed E-state index contributed by atoms with van der Waals surface area (Å²) in [5.74, 6) is -0.0213. The average Bonchev–Trinajstić information content (AvgIpc) is 2.38. The zero-order valence-corrected chi connectivity index (χ0v) is 8.87. The molecule has 2 N–H and O–H groups in total. The molecule has 0 aliphatic carbocycles. The number of nitrogens with one attached hydrogen (secondary N) is 1. The molecule has 6 heteroatoms. The lowest BCUT2D eigenvalue weighted by Gasteiger charge is -2.03. The minimum absolute atomic E-state index is 0.182. The largest absolute Gasteiger partial charge is 0.480 e. The van der Waals surface area contributed by atoms with Crippen LogP contribution in [0.4, 0.5) is 5.82 Å². The molecule has 2 rings (SSSR count). The van der Waals surface area contributed by atoms with Crippen molar-refractivity contribution in [1.29, 1.82) is 0 Å². The molecule has 0 unspecified atom stereocenters. The van der Waals surface area contributed by atoms with Crippen LogP contribution in [0.5, 0.6) is 0 Å². The van der Waals surface area contributed by atoms with Gasteiger partial charge < -0.3 is 10.4 Å². The number of nitrogens with zero attached hydrogens (tertiary/aromatic N) is 3. The van der Waals surface area contributed by atoms with Gasteiger partial charge in [0, 0.05) is 12.4 Å². The summed E-state index contributed by atoms with van der Waals surface area (Å²) in [6, 6.07) is 7.03. The van der Waals surface area contributed by atoms with E-state index < -0.39 is 5.97 Å². The predicted octanol–water partition coefficient (Wildman–Crippen LogP) is 1.04. The lowest BCUT2D eigenvalue weighted by atomic mass is 10.3. The molecule has 0 amide bonds. The summed E-state index contributed by atoms with van der Waals surface area (Å²) in [7, 11) is 0. The van der Waals surface area contributed by atoms with Crippen LogP contribution in [0.2, 0.25) is 0 Å². The first kappa shape index (κ1) is 11.0. The third-order valence-corrected chi connectivity index (χ3v) is 1.97. The molecule has 86 valence electrons. The highest BCUT2D eigenvalue weighted by Crippen LogP contribution is 2.12. The van der Waals surface area contributed by atoms with E-state index in [1.54, 1.807) is 30.6 Å². The second kappa shape index (κ2) is 5.02. The van der Waals surface area contributed by atoms with E-state index in [-0.39, 0.29) is 6.54 Å². The fraction of sp³-hybridized carbons (Fsp3) is 0.0909. The molecule has 17 heavy (non-hydrogen) atoms. The van der Waals surface area contributed by atoms with Crippen LogP contribution in [0.15, 0.2) is 36.7 Å². The Balaban J connectivity index is 2.20. The van der Waals surface area contributed by atoms with Gasteiger partial charge in [0.2, 0.25) is 0 Å². The van der Waals surface area contributed by atoms with E-state index in [9.17, 15) is 4.79 Å². The van der Waals surface area contributed by atoms with Gasteiger partial charge in [0.15, 0.2) is 5.82 Å². The van der Waals surface area contributed by atoms with Crippen molar-refractivity contribution in [2.45, 2.75) is 0 Å². The predicted molar refractivity (Wildman–Crippen MR) is 61.4 cm³/mol. The topological polar surface area (TPSA) is 88.0 Å². The summed E-state index contributed by atoms with van der Waals surface area (Å²) >= 11 is 0. The van der Waals surface area contributed by atoms with Crippen LogP contribution >= 0.6 is 0 Å². The minimum Gasteiger partial charge on any atom is -0.480 e. The monoisotopic (exact) mass is 230 g/mol. The van der Waals surface area contributed by atoms with Crippen LogP contribution in [0.3, 0.4) is 0 Å². The third kappa shape index (κ3) is 2.97. The van der Waals surface area contributed by atoms with Gasteiger partial charge in [0.25, 0.3) is 0 Å². The van der Waals surface area contributed by atoms with Crippen molar-refractivity contribution in [3.8, 4) is 11.5 Å². The van der Waals surface area contributed by atoms with Gasteiger partial charge in [-0.2, -0.15) is 0 Å². The lowest BCUT2D eigenvalue weighted by Crippen LogP contribution is -2.13. The van der Waals surface area contributed by atoms with E-state index in [1.165, 1.54) is 0 Å². The number of hydrogen-bond donors (Lipinski definition) is 2. The number of rotatable bonds is 4. The van der Waals surface area contributed by atoms with Crippen LogP contribution in [-0.2, 0) is 4.79 Å². The maximum Gasteiger partial charge on any atom is 0.322 e. The van der Waals surface area contributed by atoms with Gasteiger partial charge in [-0.15, -0.1) is 0 Å². The normalized spacial score (nSPS) is 9.88. The van der Waals surface area contributed by atoms with Gasteiger partial charge in [-0.05, 0) is 18.2 Å². The Morgan fingerprint density at radius 1 is 1.24 bits per heavy atom. The first-order valence-electron chi connectivity index (χ1n) is 4.96. The van der Waals surface area contributed by atoms with E-state index in [1.807, 2.05) is 6.07 Å². The Hall–Kier alpha value is -2.50. The molecular formula is C11H10N4O2. The number of carboxylic acid groups (broad SMARTS) is 1. The van der Waals surface area contributed by atoms with Gasteiger partial charge in [-0.3, -0.25) is 9.78 Å². The van der Waals surface area contributed by atoms with Crippen LogP contribution in [0.1, 0.15) is 0 Å². The molecule has 2 aromatic rings. The molecule has 0 atom stereocenters. The van der Waals surface area contributed by atoms with Crippen molar-refractivity contribution >= 4 is 11.8 Å². The minimum atomic E-state index is -0.942. The summed E-state index contributed by atoms with van der Waals surface area (Å²) in [6.45, 7) is -0.182. The third-order valence-electron chi connectivity index (χ3n) is 1.97. The maximum absolute atomic E-state index is 10.4. The highest BCUT2D eigenvalue weighted by Gasteiger charge is 2.03. The van der Waals surface area contributed by atoms with Gasteiger partial charge in [0.05, 0.1) is 0 Å². The highest BCUT2D eigenvalue weighted by molar-refractivity contribution is 5.72. The second-order valence-corrected chi connectivity index (χ2v) is 3.23. The summed E-state index contributed by atoms with van der Waals surface area (Å²) in [6.07, 6.45) is 3.21. The summed E-state index contributed by atoms with van der Waals surface area (Å²) in [5, 5.41) is 11.2. The molecule has 0 spiro atoms. The molecule has 0 aliphatic rings. The smallest absolute Gasteiger partial charge is 0.322 e. The van der Waals surface area contributed by atoms with Crippen molar-refractivity contribution < 1.29 is 9.90 Å². The van der Waals surface area contributed by atoms with E-state index in [4.69, 9.17) is 5.11 Å². The number of aromatic nitrogens is 3. The summed E-state index contributed by atoms with van der Waals surface area (Å²) in [4.78, 5) is 22.8. The number of aliphatic carboxylic acids is 1. The number of carbonyl (C=O) groups is 1. The molecule has 0 bridgehead atoms. The first-order valence-corrected chi connectivity index (χ1v) is 4.96. The molecule has 0 fully saturated rings. The van der Waals surface area contributed by atoms with Gasteiger partial charge in [-0.25, -0.2) is 9.97 Å². The van der Waals surface area contributed by atoms with Crippen molar-refractivity contribution in [1.82, 2.24) is 15.0 Å². The molecule has 0 saturated carbocycles. The Bertz CT molecular complexity index is 516. The Kier molecular flexibility index (Phi) is 3.25. The van der Waals surface area contributed by atoms with Crippen LogP contribution in [0, 0.1) is 0 Å². The number of pyridine rings is 1. The summed E-state index contributed by atoms with van der Waals surface area (Å²) in [5.41, 5.74) is 0.645. The SMILES string of the molecule is O=C(O)CNc1ccnc(-c2ccccn2)n1. The molecular weight excluding hydrogens is 220 g/mol. The van der Waals surface area contributed by atoms with E-state index in [2.05, 4.69) is 20.3 Å². The molecule has 6 nitrogen and oxygen atoms in total. The Labute approximate surface area is 97.4 Å². The lowest BCUT2D eigenvalue weighted by molar-refractivity contribution is -0.134. The average molecular weight is 230 g/mol. The first-order chi connectivity index (χ1) is 8.25. The molecule has 0 saturated heterocycles. The molecule has 0 aliphatic heterocycles. The van der Waals surface area contributed by atoms with Crippen molar-refractivity contribution in [2.75, 3.05) is 11.9 Å². The quantitative estimate of drug-likeness (QED) is 0.815. The van der Waals surface area contributed by atoms with Crippen LogP contribution < -0.4 is 5.32 Å². The molecule has 0 aromatic carbocycles. The maximum atomic E-state index is 10.4. The van der Waals surface area contributed by atoms with Gasteiger partial charge in [0.1, 0.15) is 18.1 Å². The van der Waals surface area contributed by atoms with Gasteiger partial charge >= 0.3 is 5.97 Å². The van der Waals surface area contributed by atoms with Crippen LogP contribution in [-0.4, -0.2) is 32.6 Å². The van der Waals surface area contributed by atoms with Gasteiger partial charge in [-0.1, -0.05) is 6.07 Å². The van der Waals surface area contributed by atoms with Crippen molar-refractivity contribution in [3.63, 3.8) is 0 Å². The fourth-order valence-corrected chi connectivity index (χ4v) is 1.24. The highest BCUT2D eigenvalue weighted by atomic mass is 16.4. The number of carboxylic acids is 1. The number of anilines is 1. The molecule has 2 heterocycles. The molecule has 2 aromatic heterocycles. The van der Waals surface area contributed by atoms with E-state index >= 15 is 0 Å². The fourth-order valence-electron chi connectivity index (χ4n) is 1.24. The second-order valence-electron chi connectivity index (χ2n) is 3.23. The van der Waals surface area contributed by atoms with Crippen molar-refractivity contribution in [2.24, 2.45) is 0 Å². The van der Waals surface area contributed by atoms with E-state index in [0.717, 1.165) is 0 Å². The van der Waals surface area contributed by atoms with E-state index in [0.29, 0.717) is 17.3 Å². The standard InChI is InChI=1S/C11H10N4O2/c16-10(17)7-14-9-4-6-13-11(15-9)8-3-1-2-5-12-8/h1-6H,7H2,(H,16,17)(H,13,14,15). The zero-order chi connectivity index (χ0) is 12.1. The Morgan fingerprint density at radius 2 is 2.12 bits per heavy atom.